The second-order valence-electron chi connectivity index (χ2n) is 6.97. The fourth-order valence-electron chi connectivity index (χ4n) is 3.51. The Hall–Kier alpha value is -3.42. The number of aromatic nitrogens is 4. The van der Waals surface area contributed by atoms with Crippen molar-refractivity contribution in [3.63, 3.8) is 0 Å². The third-order valence-corrected chi connectivity index (χ3v) is 4.94. The van der Waals surface area contributed by atoms with Crippen LogP contribution in [0.2, 0.25) is 0 Å². The van der Waals surface area contributed by atoms with Gasteiger partial charge in [0.05, 0.1) is 5.69 Å². The molecule has 8 heteroatoms. The fraction of sp³-hybridized carbons (Fsp3) is 0.333. The van der Waals surface area contributed by atoms with Crippen LogP contribution >= 0.6 is 0 Å². The monoisotopic (exact) mass is 391 g/mol. The van der Waals surface area contributed by atoms with Crippen molar-refractivity contribution in [1.29, 1.82) is 0 Å². The highest BCUT2D eigenvalue weighted by Gasteiger charge is 2.23. The van der Waals surface area contributed by atoms with Gasteiger partial charge in [-0.25, -0.2) is 14.6 Å². The van der Waals surface area contributed by atoms with E-state index < -0.39 is 0 Å². The van der Waals surface area contributed by atoms with Crippen LogP contribution < -0.4 is 10.2 Å². The molecular weight excluding hydrogens is 366 g/mol. The van der Waals surface area contributed by atoms with Gasteiger partial charge in [-0.1, -0.05) is 6.07 Å². The highest BCUT2D eigenvalue weighted by atomic mass is 16.2. The Morgan fingerprint density at radius 3 is 2.66 bits per heavy atom. The summed E-state index contributed by atoms with van der Waals surface area (Å²) in [6.45, 7) is 7.56. The lowest BCUT2D eigenvalue weighted by Crippen LogP contribution is -2.49. The van der Waals surface area contributed by atoms with Crippen molar-refractivity contribution < 1.29 is 4.79 Å². The molecule has 0 spiro atoms. The number of aryl methyl sites for hydroxylation is 1. The third kappa shape index (κ3) is 4.21. The molecule has 1 aromatic carbocycles. The number of hydrogen-bond donors (Lipinski definition) is 1. The van der Waals surface area contributed by atoms with Crippen LogP contribution in [0.25, 0.3) is 5.69 Å². The summed E-state index contributed by atoms with van der Waals surface area (Å²) < 4.78 is 1.76. The summed E-state index contributed by atoms with van der Waals surface area (Å²) in [5, 5.41) is 7.48. The lowest BCUT2D eigenvalue weighted by atomic mass is 10.1. The molecule has 0 atom stereocenters. The van der Waals surface area contributed by atoms with Crippen molar-refractivity contribution in [3.05, 3.63) is 60.2 Å². The van der Waals surface area contributed by atoms with Crippen molar-refractivity contribution in [3.8, 4) is 5.69 Å². The SMILES string of the molecule is CCNc1cc(N2CCN(C(=O)c3cccc(-n4cccn4)c3)CC2)nc(C)n1. The molecule has 0 unspecified atom stereocenters. The Balaban J connectivity index is 1.43. The van der Waals surface area contributed by atoms with E-state index in [2.05, 4.69) is 25.3 Å². The minimum atomic E-state index is 0.0471. The third-order valence-electron chi connectivity index (χ3n) is 4.94. The molecular formula is C21H25N7O. The van der Waals surface area contributed by atoms with E-state index in [9.17, 15) is 4.79 Å². The summed E-state index contributed by atoms with van der Waals surface area (Å²) in [6, 6.07) is 11.4. The first kappa shape index (κ1) is 18.9. The number of anilines is 2. The summed E-state index contributed by atoms with van der Waals surface area (Å²) in [5.41, 5.74) is 1.56. The van der Waals surface area contributed by atoms with Crippen LogP contribution in [0, 0.1) is 6.92 Å². The number of benzene rings is 1. The minimum Gasteiger partial charge on any atom is -0.370 e. The first-order valence-electron chi connectivity index (χ1n) is 9.88. The molecule has 2 aromatic heterocycles. The first-order chi connectivity index (χ1) is 14.1. The van der Waals surface area contributed by atoms with Crippen LogP contribution in [0.15, 0.2) is 48.8 Å². The van der Waals surface area contributed by atoms with Crippen LogP contribution in [-0.4, -0.2) is 63.3 Å². The topological polar surface area (TPSA) is 79.2 Å². The van der Waals surface area contributed by atoms with Crippen LogP contribution in [0.5, 0.6) is 0 Å². The van der Waals surface area contributed by atoms with Crippen LogP contribution in [0.3, 0.4) is 0 Å². The molecule has 150 valence electrons. The van der Waals surface area contributed by atoms with Gasteiger partial charge in [-0.3, -0.25) is 4.79 Å². The van der Waals surface area contributed by atoms with E-state index in [-0.39, 0.29) is 5.91 Å². The van der Waals surface area contributed by atoms with E-state index in [1.54, 1.807) is 10.9 Å². The number of rotatable bonds is 5. The van der Waals surface area contributed by atoms with E-state index in [1.807, 2.05) is 61.3 Å². The van der Waals surface area contributed by atoms with E-state index in [4.69, 9.17) is 0 Å². The first-order valence-corrected chi connectivity index (χ1v) is 9.88. The normalized spacial score (nSPS) is 14.1. The zero-order chi connectivity index (χ0) is 20.2. The van der Waals surface area contributed by atoms with Gasteiger partial charge >= 0.3 is 0 Å². The number of nitrogens with zero attached hydrogens (tertiary/aromatic N) is 6. The van der Waals surface area contributed by atoms with Gasteiger partial charge in [0, 0.05) is 56.7 Å². The van der Waals surface area contributed by atoms with Crippen molar-refractivity contribution >= 4 is 17.5 Å². The van der Waals surface area contributed by atoms with Crippen molar-refractivity contribution in [1.82, 2.24) is 24.6 Å². The maximum atomic E-state index is 13.0. The Morgan fingerprint density at radius 1 is 1.10 bits per heavy atom. The predicted molar refractivity (Wildman–Crippen MR) is 113 cm³/mol. The van der Waals surface area contributed by atoms with E-state index in [0.717, 1.165) is 42.8 Å². The predicted octanol–water partition coefficient (Wildman–Crippen LogP) is 2.36. The molecule has 3 aromatic rings. The van der Waals surface area contributed by atoms with Crippen molar-refractivity contribution in [2.75, 3.05) is 42.9 Å². The molecule has 1 fully saturated rings. The summed E-state index contributed by atoms with van der Waals surface area (Å²) in [4.78, 5) is 26.1. The summed E-state index contributed by atoms with van der Waals surface area (Å²) in [6.07, 6.45) is 3.59. The summed E-state index contributed by atoms with van der Waals surface area (Å²) >= 11 is 0. The Morgan fingerprint density at radius 2 is 1.93 bits per heavy atom. The molecule has 1 saturated heterocycles. The number of nitrogens with one attached hydrogen (secondary N) is 1. The van der Waals surface area contributed by atoms with Crippen molar-refractivity contribution in [2.45, 2.75) is 13.8 Å². The van der Waals surface area contributed by atoms with Gasteiger partial charge in [0.15, 0.2) is 0 Å². The van der Waals surface area contributed by atoms with Gasteiger partial charge in [0.25, 0.3) is 5.91 Å². The standard InChI is InChI=1S/C21H25N7O/c1-3-22-19-15-20(25-16(2)24-19)26-10-12-27(13-11-26)21(29)17-6-4-7-18(14-17)28-9-5-8-23-28/h4-9,14-15H,3,10-13H2,1-2H3,(H,22,24,25). The molecule has 0 bridgehead atoms. The van der Waals surface area contributed by atoms with Gasteiger partial charge < -0.3 is 15.1 Å². The molecule has 1 aliphatic heterocycles. The molecule has 1 aliphatic rings. The maximum Gasteiger partial charge on any atom is 0.254 e. The minimum absolute atomic E-state index is 0.0471. The summed E-state index contributed by atoms with van der Waals surface area (Å²) in [5.74, 6) is 2.53. The molecule has 29 heavy (non-hydrogen) atoms. The fourth-order valence-corrected chi connectivity index (χ4v) is 3.51. The summed E-state index contributed by atoms with van der Waals surface area (Å²) in [7, 11) is 0. The highest BCUT2D eigenvalue weighted by molar-refractivity contribution is 5.95. The number of carbonyl (C=O) groups is 1. The highest BCUT2D eigenvalue weighted by Crippen LogP contribution is 2.19. The van der Waals surface area contributed by atoms with E-state index in [1.165, 1.54) is 0 Å². The van der Waals surface area contributed by atoms with Gasteiger partial charge in [-0.2, -0.15) is 5.10 Å². The molecule has 3 heterocycles. The molecule has 1 N–H and O–H groups in total. The Bertz CT molecular complexity index is 978. The molecule has 0 aliphatic carbocycles. The smallest absolute Gasteiger partial charge is 0.254 e. The van der Waals surface area contributed by atoms with Crippen molar-refractivity contribution in [2.24, 2.45) is 0 Å². The van der Waals surface area contributed by atoms with Crippen LogP contribution in [-0.2, 0) is 0 Å². The average molecular weight is 391 g/mol. The molecule has 8 nitrogen and oxygen atoms in total. The quantitative estimate of drug-likeness (QED) is 0.719. The zero-order valence-corrected chi connectivity index (χ0v) is 16.7. The number of hydrogen-bond acceptors (Lipinski definition) is 6. The van der Waals surface area contributed by atoms with E-state index >= 15 is 0 Å². The maximum absolute atomic E-state index is 13.0. The zero-order valence-electron chi connectivity index (χ0n) is 16.7. The largest absolute Gasteiger partial charge is 0.370 e. The van der Waals surface area contributed by atoms with Gasteiger partial charge in [-0.05, 0) is 38.1 Å². The molecule has 0 saturated carbocycles. The average Bonchev–Trinajstić information content (AvgIpc) is 3.28. The van der Waals surface area contributed by atoms with Crippen LogP contribution in [0.4, 0.5) is 11.6 Å². The van der Waals surface area contributed by atoms with Gasteiger partial charge in [0.2, 0.25) is 0 Å². The number of piperazine rings is 1. The Kier molecular flexibility index (Phi) is 5.41. The second kappa shape index (κ2) is 8.30. The molecule has 0 radical (unpaired) electrons. The second-order valence-corrected chi connectivity index (χ2v) is 6.97. The number of amides is 1. The van der Waals surface area contributed by atoms with E-state index in [0.29, 0.717) is 18.7 Å². The number of carbonyl (C=O) groups excluding carboxylic acids is 1. The van der Waals surface area contributed by atoms with Gasteiger partial charge in [-0.15, -0.1) is 0 Å². The van der Waals surface area contributed by atoms with Crippen LogP contribution in [0.1, 0.15) is 23.1 Å². The molecule has 4 rings (SSSR count). The Labute approximate surface area is 170 Å². The van der Waals surface area contributed by atoms with Gasteiger partial charge in [0.1, 0.15) is 17.5 Å². The lowest BCUT2D eigenvalue weighted by molar-refractivity contribution is 0.0746. The lowest BCUT2D eigenvalue weighted by Gasteiger charge is -2.35. The molecule has 1 amide bonds.